The standard InChI is InChI=1S/C35H49N3O8/c1-8-28(40)14-17-45-22-35(21-44-16-13-25(4)39,23-46-18-15-31(41)24(2)3)38-33(43)30-12-10-27(20-37-30)26-9-11-29(36-19-26)32(42)34(5,6)7/h9-12,19-20,24H,8,13-18,21-23H2,1-7H3,(H,38,43). The maximum absolute atomic E-state index is 13.5. The zero-order valence-electron chi connectivity index (χ0n) is 28.3. The smallest absolute Gasteiger partial charge is 0.270 e. The van der Waals surface area contributed by atoms with Crippen LogP contribution in [0.25, 0.3) is 11.1 Å². The number of hydrogen-bond donors (Lipinski definition) is 1. The number of amides is 1. The molecule has 0 aliphatic heterocycles. The van der Waals surface area contributed by atoms with Crippen LogP contribution in [0.15, 0.2) is 36.7 Å². The van der Waals surface area contributed by atoms with Crippen molar-refractivity contribution in [3.05, 3.63) is 48.0 Å². The van der Waals surface area contributed by atoms with Gasteiger partial charge in [0.25, 0.3) is 5.91 Å². The summed E-state index contributed by atoms with van der Waals surface area (Å²) >= 11 is 0. The molecule has 0 aliphatic rings. The van der Waals surface area contributed by atoms with Gasteiger partial charge in [-0.05, 0) is 19.1 Å². The van der Waals surface area contributed by atoms with E-state index < -0.39 is 16.9 Å². The number of Topliss-reactive ketones (excluding diaryl/α,β-unsaturated/α-hetero) is 4. The fourth-order valence-electron chi connectivity index (χ4n) is 4.16. The molecule has 1 N–H and O–H groups in total. The van der Waals surface area contributed by atoms with Crippen LogP contribution < -0.4 is 5.32 Å². The van der Waals surface area contributed by atoms with Gasteiger partial charge in [0, 0.05) is 60.5 Å². The highest BCUT2D eigenvalue weighted by Crippen LogP contribution is 2.23. The van der Waals surface area contributed by atoms with Crippen molar-refractivity contribution in [2.24, 2.45) is 11.3 Å². The van der Waals surface area contributed by atoms with Gasteiger partial charge in [-0.2, -0.15) is 0 Å². The van der Waals surface area contributed by atoms with Crippen molar-refractivity contribution in [2.45, 2.75) is 79.7 Å². The molecule has 1 amide bonds. The van der Waals surface area contributed by atoms with E-state index in [0.29, 0.717) is 17.7 Å². The van der Waals surface area contributed by atoms with Gasteiger partial charge in [0.05, 0.1) is 39.6 Å². The van der Waals surface area contributed by atoms with Crippen LogP contribution >= 0.6 is 0 Å². The van der Waals surface area contributed by atoms with Crippen molar-refractivity contribution in [2.75, 3.05) is 39.6 Å². The van der Waals surface area contributed by atoms with Gasteiger partial charge in [-0.15, -0.1) is 0 Å². The topological polar surface area (TPSA) is 151 Å². The SMILES string of the molecule is CCC(=O)CCOCC(COCCC(C)=O)(COCCC(=O)C(C)C)NC(=O)c1ccc(-c2ccc(C(=O)C(C)(C)C)nc2)cn1. The molecule has 0 aromatic carbocycles. The molecule has 252 valence electrons. The van der Waals surface area contributed by atoms with Crippen LogP contribution in [0.4, 0.5) is 0 Å². The molecule has 0 fully saturated rings. The van der Waals surface area contributed by atoms with E-state index in [9.17, 15) is 24.0 Å². The third-order valence-electron chi connectivity index (χ3n) is 7.18. The first kappa shape index (κ1) is 38.5. The number of carbonyl (C=O) groups excluding carboxylic acids is 5. The maximum atomic E-state index is 13.5. The van der Waals surface area contributed by atoms with E-state index in [2.05, 4.69) is 15.3 Å². The zero-order valence-corrected chi connectivity index (χ0v) is 28.3. The summed E-state index contributed by atoms with van der Waals surface area (Å²) in [6.07, 6.45) is 4.16. The summed E-state index contributed by atoms with van der Waals surface area (Å²) in [6.45, 7) is 12.7. The molecule has 0 radical (unpaired) electrons. The lowest BCUT2D eigenvalue weighted by atomic mass is 9.88. The number of hydrogen-bond acceptors (Lipinski definition) is 10. The number of rotatable bonds is 21. The monoisotopic (exact) mass is 639 g/mol. The number of aromatic nitrogens is 2. The third-order valence-corrected chi connectivity index (χ3v) is 7.18. The highest BCUT2D eigenvalue weighted by molar-refractivity contribution is 5.98. The number of pyridine rings is 2. The molecule has 0 aliphatic carbocycles. The van der Waals surface area contributed by atoms with Crippen molar-refractivity contribution >= 4 is 29.0 Å². The summed E-state index contributed by atoms with van der Waals surface area (Å²) in [5.74, 6) is -0.642. The Morgan fingerprint density at radius 2 is 1.26 bits per heavy atom. The fourth-order valence-corrected chi connectivity index (χ4v) is 4.16. The predicted molar refractivity (Wildman–Crippen MR) is 174 cm³/mol. The number of carbonyl (C=O) groups is 5. The first-order chi connectivity index (χ1) is 21.7. The van der Waals surface area contributed by atoms with Gasteiger partial charge < -0.3 is 19.5 Å². The van der Waals surface area contributed by atoms with Crippen LogP contribution in [0.2, 0.25) is 0 Å². The van der Waals surface area contributed by atoms with E-state index in [4.69, 9.17) is 14.2 Å². The first-order valence-electron chi connectivity index (χ1n) is 15.7. The molecule has 2 aromatic heterocycles. The number of nitrogens with one attached hydrogen (secondary N) is 1. The predicted octanol–water partition coefficient (Wildman–Crippen LogP) is 4.85. The summed E-state index contributed by atoms with van der Waals surface area (Å²) in [5, 5.41) is 2.96. The summed E-state index contributed by atoms with van der Waals surface area (Å²) in [7, 11) is 0. The van der Waals surface area contributed by atoms with E-state index in [0.717, 1.165) is 5.56 Å². The minimum Gasteiger partial charge on any atom is -0.378 e. The minimum atomic E-state index is -1.20. The van der Waals surface area contributed by atoms with Gasteiger partial charge in [0.15, 0.2) is 5.78 Å². The molecule has 11 nitrogen and oxygen atoms in total. The Morgan fingerprint density at radius 1 is 0.761 bits per heavy atom. The molecule has 2 rings (SSSR count). The highest BCUT2D eigenvalue weighted by atomic mass is 16.5. The normalized spacial score (nSPS) is 12.9. The van der Waals surface area contributed by atoms with Gasteiger partial charge >= 0.3 is 0 Å². The van der Waals surface area contributed by atoms with Crippen LogP contribution in [0.5, 0.6) is 0 Å². The van der Waals surface area contributed by atoms with Gasteiger partial charge in [-0.3, -0.25) is 33.9 Å². The Balaban J connectivity index is 2.25. The van der Waals surface area contributed by atoms with Crippen molar-refractivity contribution in [1.29, 1.82) is 0 Å². The quantitative estimate of drug-likeness (QED) is 0.148. The molecule has 11 heteroatoms. The summed E-state index contributed by atoms with van der Waals surface area (Å²) in [5.41, 5.74) is 0.189. The van der Waals surface area contributed by atoms with Gasteiger partial charge in [-0.1, -0.05) is 53.7 Å². The highest BCUT2D eigenvalue weighted by Gasteiger charge is 2.35. The molecular weight excluding hydrogens is 590 g/mol. The second-order valence-electron chi connectivity index (χ2n) is 12.8. The third kappa shape index (κ3) is 13.0. The molecule has 1 atom stereocenters. The Morgan fingerprint density at radius 3 is 1.70 bits per heavy atom. The molecule has 0 saturated heterocycles. The summed E-state index contributed by atoms with van der Waals surface area (Å²) in [6, 6.07) is 6.76. The fraction of sp³-hybridized carbons (Fsp3) is 0.571. The zero-order chi connectivity index (χ0) is 34.3. The van der Waals surface area contributed by atoms with Crippen LogP contribution in [-0.4, -0.2) is 84.2 Å². The molecule has 2 heterocycles. The Labute approximate surface area is 272 Å². The molecule has 0 bridgehead atoms. The van der Waals surface area contributed by atoms with Crippen molar-refractivity contribution < 1.29 is 38.2 Å². The van der Waals surface area contributed by atoms with Gasteiger partial charge in [0.1, 0.15) is 34.3 Å². The Bertz CT molecular complexity index is 1320. The number of ketones is 4. The van der Waals surface area contributed by atoms with Crippen molar-refractivity contribution in [1.82, 2.24) is 15.3 Å². The lowest BCUT2D eigenvalue weighted by molar-refractivity contribution is -0.123. The van der Waals surface area contributed by atoms with E-state index >= 15 is 0 Å². The minimum absolute atomic E-state index is 0.0395. The molecule has 1 unspecified atom stereocenters. The Kier molecular flexibility index (Phi) is 15.5. The summed E-state index contributed by atoms with van der Waals surface area (Å²) < 4.78 is 17.5. The van der Waals surface area contributed by atoms with Crippen molar-refractivity contribution in [3.8, 4) is 11.1 Å². The van der Waals surface area contributed by atoms with Crippen molar-refractivity contribution in [3.63, 3.8) is 0 Å². The van der Waals surface area contributed by atoms with Crippen LogP contribution in [-0.2, 0) is 28.6 Å². The molecule has 46 heavy (non-hydrogen) atoms. The van der Waals surface area contributed by atoms with Crippen LogP contribution in [0, 0.1) is 11.3 Å². The van der Waals surface area contributed by atoms with Gasteiger partial charge in [0.2, 0.25) is 0 Å². The lowest BCUT2D eigenvalue weighted by Gasteiger charge is -2.34. The van der Waals surface area contributed by atoms with E-state index in [1.54, 1.807) is 43.6 Å². The molecule has 2 aromatic rings. The maximum Gasteiger partial charge on any atom is 0.270 e. The van der Waals surface area contributed by atoms with Crippen LogP contribution in [0.3, 0.4) is 0 Å². The number of ether oxygens (including phenoxy) is 3. The second-order valence-corrected chi connectivity index (χ2v) is 12.8. The molecule has 0 saturated carbocycles. The largest absolute Gasteiger partial charge is 0.378 e. The molecule has 0 spiro atoms. The number of nitrogens with zero attached hydrogens (tertiary/aromatic N) is 2. The van der Waals surface area contributed by atoms with Crippen LogP contribution in [0.1, 0.15) is 95.1 Å². The average molecular weight is 640 g/mol. The summed E-state index contributed by atoms with van der Waals surface area (Å²) in [4.78, 5) is 70.2. The Hall–Kier alpha value is -3.67. The second kappa shape index (κ2) is 18.5. The lowest BCUT2D eigenvalue weighted by Crippen LogP contribution is -2.59. The molecular formula is C35H49N3O8. The van der Waals surface area contributed by atoms with E-state index in [1.807, 2.05) is 34.6 Å². The average Bonchev–Trinajstić information content (AvgIpc) is 3.02. The first-order valence-corrected chi connectivity index (χ1v) is 15.7. The van der Waals surface area contributed by atoms with E-state index in [-0.39, 0.29) is 93.6 Å². The van der Waals surface area contributed by atoms with E-state index in [1.165, 1.54) is 6.92 Å². The van der Waals surface area contributed by atoms with Gasteiger partial charge in [-0.25, -0.2) is 0 Å².